The normalized spacial score (nSPS) is 23.1. The first-order valence-corrected chi connectivity index (χ1v) is 9.91. The van der Waals surface area contributed by atoms with Crippen LogP contribution in [0.3, 0.4) is 0 Å². The molecule has 2 atom stereocenters. The van der Waals surface area contributed by atoms with Crippen molar-refractivity contribution in [1.82, 2.24) is 0 Å². The summed E-state index contributed by atoms with van der Waals surface area (Å²) in [5.74, 6) is -0.304. The Labute approximate surface area is 162 Å². The number of rotatable bonds is 2. The standard InChI is InChI=1S/C24H30O3/c1-17(2)24(26)14-12-18-8-4-6-10-21(18)22-11-7-5-9-19(22)16-20(13-15-24)23(25)27-3/h4-11,17,20,26H,12-16H2,1-3H3/t20-,24+/m0/s1. The fourth-order valence-corrected chi connectivity index (χ4v) is 4.18. The Morgan fingerprint density at radius 1 is 1.04 bits per heavy atom. The molecule has 1 aliphatic rings. The van der Waals surface area contributed by atoms with E-state index in [0.29, 0.717) is 25.7 Å². The number of hydrogen-bond donors (Lipinski definition) is 1. The molecule has 0 heterocycles. The zero-order chi connectivity index (χ0) is 19.4. The van der Waals surface area contributed by atoms with E-state index in [1.54, 1.807) is 0 Å². The third-order valence-electron chi connectivity index (χ3n) is 6.15. The van der Waals surface area contributed by atoms with Gasteiger partial charge >= 0.3 is 5.97 Å². The highest BCUT2D eigenvalue weighted by atomic mass is 16.5. The second-order valence-electron chi connectivity index (χ2n) is 8.04. The SMILES string of the molecule is COC(=O)[C@H]1CC[C@@](O)(C(C)C)CCc2ccccc2-c2ccccc2C1. The molecule has 3 heteroatoms. The lowest BCUT2D eigenvalue weighted by Crippen LogP contribution is -2.37. The van der Waals surface area contributed by atoms with E-state index in [9.17, 15) is 9.90 Å². The molecular formula is C24H30O3. The zero-order valence-corrected chi connectivity index (χ0v) is 16.6. The average molecular weight is 367 g/mol. The summed E-state index contributed by atoms with van der Waals surface area (Å²) in [7, 11) is 1.45. The summed E-state index contributed by atoms with van der Waals surface area (Å²) in [6.07, 6.45) is 3.38. The van der Waals surface area contributed by atoms with E-state index in [2.05, 4.69) is 50.2 Å². The Balaban J connectivity index is 2.10. The van der Waals surface area contributed by atoms with Gasteiger partial charge in [0.15, 0.2) is 0 Å². The van der Waals surface area contributed by atoms with E-state index in [1.807, 2.05) is 12.1 Å². The van der Waals surface area contributed by atoms with Crippen LogP contribution in [-0.2, 0) is 22.4 Å². The molecule has 1 aliphatic carbocycles. The number of ether oxygens (including phenoxy) is 1. The summed E-state index contributed by atoms with van der Waals surface area (Å²) in [6.45, 7) is 4.13. The van der Waals surface area contributed by atoms with Crippen LogP contribution in [0.1, 0.15) is 44.2 Å². The molecule has 27 heavy (non-hydrogen) atoms. The number of fused-ring (bicyclic) bond motifs is 3. The Kier molecular flexibility index (Phi) is 6.01. The van der Waals surface area contributed by atoms with Gasteiger partial charge in [0.25, 0.3) is 0 Å². The maximum absolute atomic E-state index is 12.4. The Morgan fingerprint density at radius 2 is 1.63 bits per heavy atom. The van der Waals surface area contributed by atoms with Gasteiger partial charge in [0, 0.05) is 0 Å². The van der Waals surface area contributed by atoms with Crippen molar-refractivity contribution in [1.29, 1.82) is 0 Å². The second-order valence-corrected chi connectivity index (χ2v) is 8.04. The highest BCUT2D eigenvalue weighted by Crippen LogP contribution is 2.36. The Bertz CT molecular complexity index is 796. The number of benzene rings is 2. The maximum atomic E-state index is 12.4. The van der Waals surface area contributed by atoms with E-state index in [1.165, 1.54) is 23.8 Å². The van der Waals surface area contributed by atoms with E-state index in [4.69, 9.17) is 4.74 Å². The van der Waals surface area contributed by atoms with Gasteiger partial charge in [-0.3, -0.25) is 4.79 Å². The minimum absolute atomic E-state index is 0.131. The van der Waals surface area contributed by atoms with Crippen molar-refractivity contribution in [2.75, 3.05) is 7.11 Å². The lowest BCUT2D eigenvalue weighted by Gasteiger charge is -2.33. The van der Waals surface area contributed by atoms with Crippen LogP contribution in [0.2, 0.25) is 0 Å². The van der Waals surface area contributed by atoms with Crippen molar-refractivity contribution in [3.8, 4) is 11.1 Å². The second kappa shape index (κ2) is 8.26. The molecule has 0 saturated carbocycles. The fraction of sp³-hybridized carbons (Fsp3) is 0.458. The first-order chi connectivity index (χ1) is 12.9. The molecular weight excluding hydrogens is 336 g/mol. The molecule has 0 aromatic heterocycles. The van der Waals surface area contributed by atoms with E-state index in [-0.39, 0.29) is 17.8 Å². The maximum Gasteiger partial charge on any atom is 0.308 e. The summed E-state index contributed by atoms with van der Waals surface area (Å²) in [5.41, 5.74) is 4.01. The van der Waals surface area contributed by atoms with Crippen LogP contribution < -0.4 is 0 Å². The minimum Gasteiger partial charge on any atom is -0.469 e. The van der Waals surface area contributed by atoms with Crippen LogP contribution in [0.15, 0.2) is 48.5 Å². The number of carbonyl (C=O) groups excluding carboxylic acids is 1. The first-order valence-electron chi connectivity index (χ1n) is 9.91. The van der Waals surface area contributed by atoms with Gasteiger partial charge < -0.3 is 9.84 Å². The van der Waals surface area contributed by atoms with Crippen molar-refractivity contribution in [2.45, 2.75) is 51.6 Å². The van der Waals surface area contributed by atoms with Crippen molar-refractivity contribution < 1.29 is 14.6 Å². The Morgan fingerprint density at radius 3 is 2.26 bits per heavy atom. The van der Waals surface area contributed by atoms with Gasteiger partial charge in [-0.05, 0) is 60.3 Å². The summed E-state index contributed by atoms with van der Waals surface area (Å²) >= 11 is 0. The van der Waals surface area contributed by atoms with E-state index in [0.717, 1.165) is 12.0 Å². The summed E-state index contributed by atoms with van der Waals surface area (Å²) in [4.78, 5) is 12.4. The molecule has 0 aliphatic heterocycles. The highest BCUT2D eigenvalue weighted by Gasteiger charge is 2.34. The largest absolute Gasteiger partial charge is 0.469 e. The molecule has 2 aromatic carbocycles. The summed E-state index contributed by atoms with van der Waals surface area (Å²) < 4.78 is 5.08. The molecule has 0 fully saturated rings. The predicted octanol–water partition coefficient (Wildman–Crippen LogP) is 4.80. The zero-order valence-electron chi connectivity index (χ0n) is 16.6. The molecule has 0 spiro atoms. The molecule has 3 nitrogen and oxygen atoms in total. The summed E-state index contributed by atoms with van der Waals surface area (Å²) in [5, 5.41) is 11.3. The molecule has 3 rings (SSSR count). The van der Waals surface area contributed by atoms with Gasteiger partial charge in [-0.2, -0.15) is 0 Å². The van der Waals surface area contributed by atoms with Crippen LogP contribution in [-0.4, -0.2) is 23.8 Å². The van der Waals surface area contributed by atoms with E-state index < -0.39 is 5.60 Å². The predicted molar refractivity (Wildman–Crippen MR) is 108 cm³/mol. The third-order valence-corrected chi connectivity index (χ3v) is 6.15. The van der Waals surface area contributed by atoms with Crippen LogP contribution in [0.4, 0.5) is 0 Å². The van der Waals surface area contributed by atoms with Gasteiger partial charge in [-0.25, -0.2) is 0 Å². The van der Waals surface area contributed by atoms with Crippen LogP contribution in [0.5, 0.6) is 0 Å². The smallest absolute Gasteiger partial charge is 0.308 e. The van der Waals surface area contributed by atoms with Gasteiger partial charge in [-0.15, -0.1) is 0 Å². The van der Waals surface area contributed by atoms with Crippen molar-refractivity contribution in [3.63, 3.8) is 0 Å². The van der Waals surface area contributed by atoms with Gasteiger partial charge in [0.05, 0.1) is 18.6 Å². The number of aryl methyl sites for hydroxylation is 1. The number of hydrogen-bond acceptors (Lipinski definition) is 3. The van der Waals surface area contributed by atoms with Gasteiger partial charge in [-0.1, -0.05) is 62.4 Å². The minimum atomic E-state index is -0.782. The first kappa shape index (κ1) is 19.6. The van der Waals surface area contributed by atoms with Crippen molar-refractivity contribution in [2.24, 2.45) is 11.8 Å². The monoisotopic (exact) mass is 366 g/mol. The van der Waals surface area contributed by atoms with E-state index >= 15 is 0 Å². The summed E-state index contributed by atoms with van der Waals surface area (Å²) in [6, 6.07) is 16.7. The van der Waals surface area contributed by atoms with Crippen LogP contribution >= 0.6 is 0 Å². The van der Waals surface area contributed by atoms with Crippen molar-refractivity contribution in [3.05, 3.63) is 59.7 Å². The molecule has 0 unspecified atom stereocenters. The van der Waals surface area contributed by atoms with Gasteiger partial charge in [0.2, 0.25) is 0 Å². The fourth-order valence-electron chi connectivity index (χ4n) is 4.18. The lowest BCUT2D eigenvalue weighted by molar-refractivity contribution is -0.146. The molecule has 0 radical (unpaired) electrons. The molecule has 1 N–H and O–H groups in total. The van der Waals surface area contributed by atoms with Crippen molar-refractivity contribution >= 4 is 5.97 Å². The molecule has 0 amide bonds. The average Bonchev–Trinajstić information content (AvgIpc) is 2.71. The number of aliphatic hydroxyl groups is 1. The number of esters is 1. The molecule has 0 bridgehead atoms. The molecule has 0 saturated heterocycles. The van der Waals surface area contributed by atoms with Crippen LogP contribution in [0, 0.1) is 11.8 Å². The third kappa shape index (κ3) is 4.24. The quantitative estimate of drug-likeness (QED) is 0.777. The highest BCUT2D eigenvalue weighted by molar-refractivity contribution is 5.75. The topological polar surface area (TPSA) is 46.5 Å². The van der Waals surface area contributed by atoms with Gasteiger partial charge in [0.1, 0.15) is 0 Å². The lowest BCUT2D eigenvalue weighted by atomic mass is 9.79. The number of carbonyl (C=O) groups is 1. The Hall–Kier alpha value is -2.13. The number of methoxy groups -OCH3 is 1. The van der Waals surface area contributed by atoms with Crippen LogP contribution in [0.25, 0.3) is 11.1 Å². The molecule has 144 valence electrons. The molecule has 2 aromatic rings.